The smallest absolute Gasteiger partial charge is 0.330 e. The van der Waals surface area contributed by atoms with Gasteiger partial charge in [0.2, 0.25) is 0 Å². The van der Waals surface area contributed by atoms with Crippen molar-refractivity contribution in [1.82, 2.24) is 0 Å². The highest BCUT2D eigenvalue weighted by Crippen LogP contribution is 2.65. The number of aliphatic hydroxyl groups is 1. The first-order valence-electron chi connectivity index (χ1n) is 3.53. The van der Waals surface area contributed by atoms with Gasteiger partial charge in [-0.3, -0.25) is 4.79 Å². The molecular weight excluding hydrogens is 176 g/mol. The minimum absolute atomic E-state index is 0.393. The number of carbonyl (C=O) groups excluding carboxylic acids is 1. The van der Waals surface area contributed by atoms with Crippen molar-refractivity contribution in [1.29, 1.82) is 0 Å². The summed E-state index contributed by atoms with van der Waals surface area (Å²) in [5.41, 5.74) is 0. The summed E-state index contributed by atoms with van der Waals surface area (Å²) in [7, 11) is 1.32. The minimum Gasteiger partial charge on any atom is -0.468 e. The Balaban J connectivity index is 2.32. The highest BCUT2D eigenvalue weighted by atomic mass is 32.2. The van der Waals surface area contributed by atoms with E-state index < -0.39 is 15.6 Å². The zero-order valence-electron chi connectivity index (χ0n) is 6.48. The number of methoxy groups -OCH3 is 1. The molecule has 1 N–H and O–H groups in total. The third kappa shape index (κ3) is 0.738. The van der Waals surface area contributed by atoms with E-state index in [1.165, 1.54) is 18.9 Å². The molecule has 0 aromatic carbocycles. The lowest BCUT2D eigenvalue weighted by Crippen LogP contribution is -2.33. The molecule has 1 heterocycles. The SMILES string of the molecule is COC(=O)C12C=CC=CC1(O)S2. The average Bonchev–Trinajstić information content (AvgIpc) is 2.71. The molecule has 2 rings (SSSR count). The van der Waals surface area contributed by atoms with Crippen molar-refractivity contribution >= 4 is 17.7 Å². The third-order valence-electron chi connectivity index (χ3n) is 2.06. The summed E-state index contributed by atoms with van der Waals surface area (Å²) in [6.45, 7) is 0. The van der Waals surface area contributed by atoms with E-state index in [0.717, 1.165) is 0 Å². The number of carbonyl (C=O) groups is 1. The van der Waals surface area contributed by atoms with Crippen LogP contribution in [0.3, 0.4) is 0 Å². The second-order valence-corrected chi connectivity index (χ2v) is 4.21. The molecule has 1 fully saturated rings. The van der Waals surface area contributed by atoms with E-state index in [1.54, 1.807) is 24.3 Å². The van der Waals surface area contributed by atoms with Gasteiger partial charge in [-0.1, -0.05) is 30.0 Å². The summed E-state index contributed by atoms with van der Waals surface area (Å²) < 4.78 is 3.73. The largest absolute Gasteiger partial charge is 0.468 e. The fraction of sp³-hybridized carbons (Fsp3) is 0.375. The Hall–Kier alpha value is -0.740. The van der Waals surface area contributed by atoms with Gasteiger partial charge in [-0.25, -0.2) is 0 Å². The van der Waals surface area contributed by atoms with Gasteiger partial charge < -0.3 is 9.84 Å². The standard InChI is InChI=1S/C8H8O3S/c1-11-6(9)7-4-2-3-5-8(7,10)12-7/h2-5,10H,1H3. The number of hydrogen-bond donors (Lipinski definition) is 1. The fourth-order valence-electron chi connectivity index (χ4n) is 1.32. The normalized spacial score (nSPS) is 42.2. The molecule has 0 radical (unpaired) electrons. The van der Waals surface area contributed by atoms with Crippen molar-refractivity contribution in [3.63, 3.8) is 0 Å². The molecule has 64 valence electrons. The first-order chi connectivity index (χ1) is 5.65. The molecule has 1 saturated heterocycles. The van der Waals surface area contributed by atoms with Crippen LogP contribution in [0.15, 0.2) is 24.3 Å². The molecule has 0 aromatic rings. The van der Waals surface area contributed by atoms with Gasteiger partial charge in [0.25, 0.3) is 0 Å². The molecule has 0 bridgehead atoms. The lowest BCUT2D eigenvalue weighted by Gasteiger charge is -2.12. The summed E-state index contributed by atoms with van der Waals surface area (Å²) in [4.78, 5) is 10.2. The van der Waals surface area contributed by atoms with Gasteiger partial charge in [0, 0.05) is 0 Å². The predicted octanol–water partition coefficient (Wildman–Crippen LogP) is 0.460. The highest BCUT2D eigenvalue weighted by Gasteiger charge is 2.72. The van der Waals surface area contributed by atoms with Crippen LogP contribution in [0.25, 0.3) is 0 Å². The van der Waals surface area contributed by atoms with E-state index in [9.17, 15) is 9.90 Å². The maximum Gasteiger partial charge on any atom is 0.330 e. The summed E-state index contributed by atoms with van der Waals surface area (Å²) in [6.07, 6.45) is 6.74. The van der Waals surface area contributed by atoms with Crippen LogP contribution in [0, 0.1) is 0 Å². The number of thioether (sulfide) groups is 1. The van der Waals surface area contributed by atoms with Crippen molar-refractivity contribution in [2.75, 3.05) is 7.11 Å². The summed E-state index contributed by atoms with van der Waals surface area (Å²) >= 11 is 1.19. The van der Waals surface area contributed by atoms with Crippen LogP contribution in [-0.2, 0) is 9.53 Å². The highest BCUT2D eigenvalue weighted by molar-refractivity contribution is 8.10. The van der Waals surface area contributed by atoms with E-state index in [0.29, 0.717) is 0 Å². The van der Waals surface area contributed by atoms with E-state index >= 15 is 0 Å². The van der Waals surface area contributed by atoms with Gasteiger partial charge in [0.05, 0.1) is 7.11 Å². The Morgan fingerprint density at radius 1 is 1.50 bits per heavy atom. The average molecular weight is 184 g/mol. The minimum atomic E-state index is -1.06. The van der Waals surface area contributed by atoms with E-state index in [-0.39, 0.29) is 0 Å². The van der Waals surface area contributed by atoms with Gasteiger partial charge in [0.1, 0.15) is 0 Å². The Labute approximate surface area is 74.1 Å². The fourth-order valence-corrected chi connectivity index (χ4v) is 2.43. The maximum atomic E-state index is 11.2. The zero-order valence-corrected chi connectivity index (χ0v) is 7.30. The predicted molar refractivity (Wildman–Crippen MR) is 45.6 cm³/mol. The maximum absolute atomic E-state index is 11.2. The summed E-state index contributed by atoms with van der Waals surface area (Å²) in [5, 5.41) is 9.72. The molecule has 12 heavy (non-hydrogen) atoms. The second kappa shape index (κ2) is 2.14. The van der Waals surface area contributed by atoms with Crippen LogP contribution in [0.1, 0.15) is 0 Å². The lowest BCUT2D eigenvalue weighted by molar-refractivity contribution is -0.142. The Morgan fingerprint density at radius 3 is 2.75 bits per heavy atom. The molecule has 0 spiro atoms. The summed E-state index contributed by atoms with van der Waals surface area (Å²) in [5.74, 6) is -0.393. The van der Waals surface area contributed by atoms with Crippen LogP contribution in [-0.4, -0.2) is 27.9 Å². The Kier molecular flexibility index (Phi) is 1.41. The topological polar surface area (TPSA) is 46.5 Å². The molecule has 3 nitrogen and oxygen atoms in total. The number of esters is 1. The quantitative estimate of drug-likeness (QED) is 0.475. The van der Waals surface area contributed by atoms with Crippen molar-refractivity contribution in [2.24, 2.45) is 0 Å². The zero-order chi connectivity index (χ0) is 8.82. The van der Waals surface area contributed by atoms with Gasteiger partial charge in [-0.05, 0) is 6.08 Å². The number of allylic oxidation sites excluding steroid dienone is 2. The molecule has 0 aromatic heterocycles. The van der Waals surface area contributed by atoms with Gasteiger partial charge in [-0.15, -0.1) is 0 Å². The van der Waals surface area contributed by atoms with Gasteiger partial charge in [0.15, 0.2) is 9.68 Å². The van der Waals surface area contributed by atoms with Crippen molar-refractivity contribution in [3.05, 3.63) is 24.3 Å². The molecule has 0 saturated carbocycles. The molecule has 4 heteroatoms. The third-order valence-corrected chi connectivity index (χ3v) is 3.56. The molecule has 2 unspecified atom stereocenters. The number of hydrogen-bond acceptors (Lipinski definition) is 4. The molecule has 0 amide bonds. The Bertz CT molecular complexity index is 297. The summed E-state index contributed by atoms with van der Waals surface area (Å²) in [6, 6.07) is 0. The number of fused-ring (bicyclic) bond motifs is 1. The van der Waals surface area contributed by atoms with E-state index in [4.69, 9.17) is 0 Å². The van der Waals surface area contributed by atoms with Crippen molar-refractivity contribution < 1.29 is 14.6 Å². The van der Waals surface area contributed by atoms with Crippen LogP contribution in [0.2, 0.25) is 0 Å². The van der Waals surface area contributed by atoms with Gasteiger partial charge in [-0.2, -0.15) is 0 Å². The number of ether oxygens (including phenoxy) is 1. The lowest BCUT2D eigenvalue weighted by atomic mass is 9.98. The van der Waals surface area contributed by atoms with Crippen molar-refractivity contribution in [3.8, 4) is 0 Å². The molecule has 2 aliphatic rings. The Morgan fingerprint density at radius 2 is 2.17 bits per heavy atom. The first-order valence-corrected chi connectivity index (χ1v) is 4.34. The van der Waals surface area contributed by atoms with E-state index in [2.05, 4.69) is 4.74 Å². The molecule has 1 aliphatic heterocycles. The molecule has 1 aliphatic carbocycles. The first kappa shape index (κ1) is 7.89. The number of rotatable bonds is 1. The van der Waals surface area contributed by atoms with E-state index in [1.807, 2.05) is 0 Å². The van der Waals surface area contributed by atoms with Crippen molar-refractivity contribution in [2.45, 2.75) is 9.68 Å². The molecular formula is C8H8O3S. The van der Waals surface area contributed by atoms with Crippen LogP contribution in [0.4, 0.5) is 0 Å². The van der Waals surface area contributed by atoms with Crippen LogP contribution < -0.4 is 0 Å². The monoisotopic (exact) mass is 184 g/mol. The van der Waals surface area contributed by atoms with Crippen LogP contribution >= 0.6 is 11.8 Å². The second-order valence-electron chi connectivity index (χ2n) is 2.74. The van der Waals surface area contributed by atoms with Crippen LogP contribution in [0.5, 0.6) is 0 Å². The van der Waals surface area contributed by atoms with Gasteiger partial charge >= 0.3 is 5.97 Å². The molecule has 2 atom stereocenters.